The standard InChI is InChI=1S/C15H28O2/c1-10(2)9-16-14(6)17-15-12(4)8-7-11(3)13(15)5/h8,10-11,13-15H,7,9H2,1-6H3/t11?,13?,14?,15-/m1/s1. The van der Waals surface area contributed by atoms with Crippen LogP contribution in [0, 0.1) is 17.8 Å². The van der Waals surface area contributed by atoms with Gasteiger partial charge in [-0.05, 0) is 43.6 Å². The second kappa shape index (κ2) is 6.55. The van der Waals surface area contributed by atoms with Crippen LogP contribution in [0.5, 0.6) is 0 Å². The van der Waals surface area contributed by atoms with Crippen LogP contribution in [0.1, 0.15) is 48.0 Å². The Morgan fingerprint density at radius 2 is 1.94 bits per heavy atom. The fourth-order valence-corrected chi connectivity index (χ4v) is 2.22. The highest BCUT2D eigenvalue weighted by molar-refractivity contribution is 5.11. The fourth-order valence-electron chi connectivity index (χ4n) is 2.22. The van der Waals surface area contributed by atoms with Crippen molar-refractivity contribution in [3.63, 3.8) is 0 Å². The van der Waals surface area contributed by atoms with Crippen LogP contribution in [0.2, 0.25) is 0 Å². The van der Waals surface area contributed by atoms with Crippen LogP contribution < -0.4 is 0 Å². The molecule has 2 heteroatoms. The molecule has 0 N–H and O–H groups in total. The Labute approximate surface area is 106 Å². The highest BCUT2D eigenvalue weighted by Crippen LogP contribution is 2.32. The molecule has 17 heavy (non-hydrogen) atoms. The van der Waals surface area contributed by atoms with Gasteiger partial charge in [-0.2, -0.15) is 0 Å². The third kappa shape index (κ3) is 4.44. The molecular weight excluding hydrogens is 212 g/mol. The SMILES string of the molecule is CC1=CCC(C)C(C)[C@@H]1OC(C)OCC(C)C. The zero-order valence-electron chi connectivity index (χ0n) is 12.2. The smallest absolute Gasteiger partial charge is 0.155 e. The number of hydrogen-bond acceptors (Lipinski definition) is 2. The van der Waals surface area contributed by atoms with Crippen molar-refractivity contribution in [3.05, 3.63) is 11.6 Å². The van der Waals surface area contributed by atoms with Gasteiger partial charge in [0, 0.05) is 0 Å². The summed E-state index contributed by atoms with van der Waals surface area (Å²) in [4.78, 5) is 0. The van der Waals surface area contributed by atoms with E-state index in [4.69, 9.17) is 9.47 Å². The molecule has 3 unspecified atom stereocenters. The van der Waals surface area contributed by atoms with Crippen molar-refractivity contribution in [1.29, 1.82) is 0 Å². The molecule has 100 valence electrons. The minimum Gasteiger partial charge on any atom is -0.353 e. The Hall–Kier alpha value is -0.340. The summed E-state index contributed by atoms with van der Waals surface area (Å²) in [5.41, 5.74) is 1.36. The molecular formula is C15H28O2. The Morgan fingerprint density at radius 1 is 1.29 bits per heavy atom. The van der Waals surface area contributed by atoms with Gasteiger partial charge in [0.1, 0.15) is 0 Å². The van der Waals surface area contributed by atoms with Crippen LogP contribution in [-0.2, 0) is 9.47 Å². The topological polar surface area (TPSA) is 18.5 Å². The highest BCUT2D eigenvalue weighted by Gasteiger charge is 2.29. The molecule has 0 bridgehead atoms. The van der Waals surface area contributed by atoms with Crippen LogP contribution >= 0.6 is 0 Å². The van der Waals surface area contributed by atoms with E-state index in [1.807, 2.05) is 6.92 Å². The molecule has 0 radical (unpaired) electrons. The predicted octanol–water partition coefficient (Wildman–Crippen LogP) is 4.01. The quantitative estimate of drug-likeness (QED) is 0.534. The average molecular weight is 240 g/mol. The van der Waals surface area contributed by atoms with Gasteiger partial charge in [-0.15, -0.1) is 0 Å². The zero-order valence-corrected chi connectivity index (χ0v) is 12.2. The maximum absolute atomic E-state index is 6.05. The normalized spacial score (nSPS) is 31.5. The van der Waals surface area contributed by atoms with Crippen molar-refractivity contribution in [2.75, 3.05) is 6.61 Å². The predicted molar refractivity (Wildman–Crippen MR) is 71.8 cm³/mol. The summed E-state index contributed by atoms with van der Waals surface area (Å²) < 4.78 is 11.7. The molecule has 2 nitrogen and oxygen atoms in total. The lowest BCUT2D eigenvalue weighted by Crippen LogP contribution is -2.34. The van der Waals surface area contributed by atoms with E-state index in [0.717, 1.165) is 6.61 Å². The lowest BCUT2D eigenvalue weighted by Gasteiger charge is -2.35. The van der Waals surface area contributed by atoms with Gasteiger partial charge < -0.3 is 9.47 Å². The molecule has 0 heterocycles. The summed E-state index contributed by atoms with van der Waals surface area (Å²) in [7, 11) is 0. The van der Waals surface area contributed by atoms with Gasteiger partial charge >= 0.3 is 0 Å². The summed E-state index contributed by atoms with van der Waals surface area (Å²) in [5, 5.41) is 0. The van der Waals surface area contributed by atoms with Gasteiger partial charge in [-0.1, -0.05) is 33.8 Å². The van der Waals surface area contributed by atoms with Crippen LogP contribution in [-0.4, -0.2) is 19.0 Å². The molecule has 0 saturated heterocycles. The van der Waals surface area contributed by atoms with Crippen LogP contribution in [0.3, 0.4) is 0 Å². The minimum absolute atomic E-state index is 0.113. The second-order valence-corrected chi connectivity index (χ2v) is 5.87. The first-order chi connectivity index (χ1) is 7.91. The molecule has 0 saturated carbocycles. The Kier molecular flexibility index (Phi) is 5.68. The third-order valence-corrected chi connectivity index (χ3v) is 3.64. The molecule has 0 aromatic heterocycles. The largest absolute Gasteiger partial charge is 0.353 e. The van der Waals surface area contributed by atoms with Crippen molar-refractivity contribution < 1.29 is 9.47 Å². The third-order valence-electron chi connectivity index (χ3n) is 3.64. The van der Waals surface area contributed by atoms with Crippen molar-refractivity contribution in [1.82, 2.24) is 0 Å². The number of ether oxygens (including phenoxy) is 2. The summed E-state index contributed by atoms with van der Waals surface area (Å²) in [5.74, 6) is 1.83. The van der Waals surface area contributed by atoms with Crippen molar-refractivity contribution in [2.24, 2.45) is 17.8 Å². The summed E-state index contributed by atoms with van der Waals surface area (Å²) in [6.07, 6.45) is 3.60. The molecule has 0 amide bonds. The van der Waals surface area contributed by atoms with E-state index in [1.54, 1.807) is 0 Å². The van der Waals surface area contributed by atoms with Gasteiger partial charge in [0.05, 0.1) is 12.7 Å². The fraction of sp³-hybridized carbons (Fsp3) is 0.867. The molecule has 0 aromatic rings. The molecule has 0 fully saturated rings. The molecule has 0 aliphatic heterocycles. The van der Waals surface area contributed by atoms with E-state index in [2.05, 4.69) is 40.7 Å². The van der Waals surface area contributed by atoms with Crippen molar-refractivity contribution in [3.8, 4) is 0 Å². The average Bonchev–Trinajstić information content (AvgIpc) is 2.27. The van der Waals surface area contributed by atoms with E-state index in [1.165, 1.54) is 12.0 Å². The Bertz CT molecular complexity index is 258. The number of rotatable bonds is 5. The number of hydrogen-bond donors (Lipinski definition) is 0. The Balaban J connectivity index is 2.48. The molecule has 1 aliphatic rings. The van der Waals surface area contributed by atoms with E-state index in [-0.39, 0.29) is 12.4 Å². The lowest BCUT2D eigenvalue weighted by atomic mass is 9.80. The molecule has 0 spiro atoms. The van der Waals surface area contributed by atoms with Gasteiger partial charge in [0.2, 0.25) is 0 Å². The van der Waals surface area contributed by atoms with Crippen LogP contribution in [0.4, 0.5) is 0 Å². The van der Waals surface area contributed by atoms with Gasteiger partial charge in [-0.25, -0.2) is 0 Å². The van der Waals surface area contributed by atoms with Gasteiger partial charge in [0.15, 0.2) is 6.29 Å². The van der Waals surface area contributed by atoms with Crippen LogP contribution in [0.25, 0.3) is 0 Å². The minimum atomic E-state index is -0.113. The zero-order chi connectivity index (χ0) is 13.0. The highest BCUT2D eigenvalue weighted by atomic mass is 16.7. The van der Waals surface area contributed by atoms with Gasteiger partial charge in [0.25, 0.3) is 0 Å². The van der Waals surface area contributed by atoms with Crippen molar-refractivity contribution >= 4 is 0 Å². The Morgan fingerprint density at radius 3 is 2.53 bits per heavy atom. The first-order valence-electron chi connectivity index (χ1n) is 6.85. The molecule has 1 rings (SSSR count). The molecule has 1 aliphatic carbocycles. The number of allylic oxidation sites excluding steroid dienone is 1. The summed E-state index contributed by atoms with van der Waals surface area (Å²) in [6, 6.07) is 0. The van der Waals surface area contributed by atoms with E-state index >= 15 is 0 Å². The van der Waals surface area contributed by atoms with Crippen molar-refractivity contribution in [2.45, 2.75) is 60.4 Å². The first-order valence-corrected chi connectivity index (χ1v) is 6.85. The monoisotopic (exact) mass is 240 g/mol. The summed E-state index contributed by atoms with van der Waals surface area (Å²) in [6.45, 7) is 13.8. The van der Waals surface area contributed by atoms with Crippen LogP contribution in [0.15, 0.2) is 11.6 Å². The maximum Gasteiger partial charge on any atom is 0.155 e. The first kappa shape index (κ1) is 14.7. The van der Waals surface area contributed by atoms with E-state index < -0.39 is 0 Å². The van der Waals surface area contributed by atoms with E-state index in [9.17, 15) is 0 Å². The molecule has 0 aromatic carbocycles. The van der Waals surface area contributed by atoms with E-state index in [0.29, 0.717) is 17.8 Å². The second-order valence-electron chi connectivity index (χ2n) is 5.87. The van der Waals surface area contributed by atoms with Gasteiger partial charge in [-0.3, -0.25) is 0 Å². The summed E-state index contributed by atoms with van der Waals surface area (Å²) >= 11 is 0. The lowest BCUT2D eigenvalue weighted by molar-refractivity contribution is -0.170. The maximum atomic E-state index is 6.05. The molecule has 4 atom stereocenters.